The highest BCUT2D eigenvalue weighted by molar-refractivity contribution is 5.80. The Bertz CT molecular complexity index is 484. The lowest BCUT2D eigenvalue weighted by Gasteiger charge is -2.11. The SMILES string of the molecule is Cc1cccc(CNC(=O)C2CCC(C(=O)O)C2)c1. The summed E-state index contributed by atoms with van der Waals surface area (Å²) in [4.78, 5) is 22.8. The van der Waals surface area contributed by atoms with Gasteiger partial charge in [0.1, 0.15) is 0 Å². The fraction of sp³-hybridized carbons (Fsp3) is 0.467. The van der Waals surface area contributed by atoms with E-state index >= 15 is 0 Å². The maximum absolute atomic E-state index is 12.0. The van der Waals surface area contributed by atoms with Crippen molar-refractivity contribution in [2.24, 2.45) is 11.8 Å². The number of aryl methyl sites for hydroxylation is 1. The monoisotopic (exact) mass is 261 g/mol. The van der Waals surface area contributed by atoms with Crippen molar-refractivity contribution in [1.82, 2.24) is 5.32 Å². The lowest BCUT2D eigenvalue weighted by atomic mass is 10.0. The molecule has 0 spiro atoms. The highest BCUT2D eigenvalue weighted by Gasteiger charge is 2.33. The van der Waals surface area contributed by atoms with E-state index in [1.807, 2.05) is 31.2 Å². The Morgan fingerprint density at radius 3 is 2.68 bits per heavy atom. The molecular formula is C15H19NO3. The predicted molar refractivity (Wildman–Crippen MR) is 71.5 cm³/mol. The second-order valence-electron chi connectivity index (χ2n) is 5.25. The van der Waals surface area contributed by atoms with Crippen LogP contribution in [-0.2, 0) is 16.1 Å². The smallest absolute Gasteiger partial charge is 0.306 e. The molecule has 1 aromatic carbocycles. The molecule has 1 aliphatic rings. The predicted octanol–water partition coefficient (Wildman–Crippen LogP) is 2.11. The molecule has 0 bridgehead atoms. The van der Waals surface area contributed by atoms with Gasteiger partial charge in [0.25, 0.3) is 0 Å². The van der Waals surface area contributed by atoms with Crippen molar-refractivity contribution in [3.63, 3.8) is 0 Å². The van der Waals surface area contributed by atoms with Crippen LogP contribution in [0.5, 0.6) is 0 Å². The van der Waals surface area contributed by atoms with E-state index in [-0.39, 0.29) is 17.7 Å². The molecule has 1 fully saturated rings. The molecular weight excluding hydrogens is 242 g/mol. The fourth-order valence-corrected chi connectivity index (χ4v) is 2.60. The Balaban J connectivity index is 1.84. The van der Waals surface area contributed by atoms with Gasteiger partial charge in [-0.05, 0) is 31.7 Å². The molecule has 1 aromatic rings. The standard InChI is InChI=1S/C15H19NO3/c1-10-3-2-4-11(7-10)9-16-14(17)12-5-6-13(8-12)15(18)19/h2-4,7,12-13H,5-6,8-9H2,1H3,(H,16,17)(H,18,19). The van der Waals surface area contributed by atoms with Gasteiger partial charge < -0.3 is 10.4 Å². The van der Waals surface area contributed by atoms with Crippen molar-refractivity contribution in [2.75, 3.05) is 0 Å². The summed E-state index contributed by atoms with van der Waals surface area (Å²) in [6.07, 6.45) is 1.75. The molecule has 2 N–H and O–H groups in total. The van der Waals surface area contributed by atoms with Gasteiger partial charge in [0, 0.05) is 12.5 Å². The quantitative estimate of drug-likeness (QED) is 0.872. The van der Waals surface area contributed by atoms with Crippen LogP contribution in [0.3, 0.4) is 0 Å². The molecule has 1 saturated carbocycles. The van der Waals surface area contributed by atoms with Gasteiger partial charge in [-0.3, -0.25) is 9.59 Å². The first kappa shape index (κ1) is 13.6. The number of amides is 1. The summed E-state index contributed by atoms with van der Waals surface area (Å²) in [6.45, 7) is 2.52. The van der Waals surface area contributed by atoms with Crippen molar-refractivity contribution in [3.8, 4) is 0 Å². The molecule has 2 atom stereocenters. The molecule has 4 heteroatoms. The number of nitrogens with one attached hydrogen (secondary N) is 1. The van der Waals surface area contributed by atoms with Gasteiger partial charge in [0.15, 0.2) is 0 Å². The molecule has 102 valence electrons. The van der Waals surface area contributed by atoms with E-state index < -0.39 is 5.97 Å². The lowest BCUT2D eigenvalue weighted by Crippen LogP contribution is -2.29. The Hall–Kier alpha value is -1.84. The van der Waals surface area contributed by atoms with Gasteiger partial charge in [0.05, 0.1) is 5.92 Å². The average Bonchev–Trinajstić information content (AvgIpc) is 2.86. The molecule has 1 aliphatic carbocycles. The third kappa shape index (κ3) is 3.56. The molecule has 0 aromatic heterocycles. The molecule has 0 heterocycles. The fourth-order valence-electron chi connectivity index (χ4n) is 2.60. The van der Waals surface area contributed by atoms with Crippen LogP contribution in [0.2, 0.25) is 0 Å². The summed E-state index contributed by atoms with van der Waals surface area (Å²) in [6, 6.07) is 7.99. The minimum absolute atomic E-state index is 0.0229. The third-order valence-corrected chi connectivity index (χ3v) is 3.70. The number of carboxylic acids is 1. The van der Waals surface area contributed by atoms with Crippen molar-refractivity contribution in [2.45, 2.75) is 32.7 Å². The van der Waals surface area contributed by atoms with Crippen LogP contribution in [0.15, 0.2) is 24.3 Å². The maximum atomic E-state index is 12.0. The number of hydrogen-bond acceptors (Lipinski definition) is 2. The molecule has 4 nitrogen and oxygen atoms in total. The number of carbonyl (C=O) groups is 2. The van der Waals surface area contributed by atoms with E-state index in [4.69, 9.17) is 5.11 Å². The Labute approximate surface area is 112 Å². The highest BCUT2D eigenvalue weighted by atomic mass is 16.4. The van der Waals surface area contributed by atoms with Gasteiger partial charge in [-0.1, -0.05) is 29.8 Å². The van der Waals surface area contributed by atoms with Crippen LogP contribution >= 0.6 is 0 Å². The van der Waals surface area contributed by atoms with Crippen LogP contribution in [0.25, 0.3) is 0 Å². The minimum Gasteiger partial charge on any atom is -0.481 e. The number of carboxylic acid groups (broad SMARTS) is 1. The van der Waals surface area contributed by atoms with E-state index in [2.05, 4.69) is 5.32 Å². The van der Waals surface area contributed by atoms with Crippen molar-refractivity contribution < 1.29 is 14.7 Å². The largest absolute Gasteiger partial charge is 0.481 e. The van der Waals surface area contributed by atoms with E-state index in [0.717, 1.165) is 5.56 Å². The van der Waals surface area contributed by atoms with Crippen LogP contribution in [0, 0.1) is 18.8 Å². The number of benzene rings is 1. The second kappa shape index (κ2) is 5.87. The minimum atomic E-state index is -0.783. The first-order valence-corrected chi connectivity index (χ1v) is 6.62. The molecule has 1 amide bonds. The van der Waals surface area contributed by atoms with Gasteiger partial charge in [-0.2, -0.15) is 0 Å². The lowest BCUT2D eigenvalue weighted by molar-refractivity contribution is -0.141. The Morgan fingerprint density at radius 2 is 2.05 bits per heavy atom. The molecule has 0 saturated heterocycles. The number of hydrogen-bond donors (Lipinski definition) is 2. The molecule has 2 unspecified atom stereocenters. The van der Waals surface area contributed by atoms with Gasteiger partial charge >= 0.3 is 5.97 Å². The molecule has 2 rings (SSSR count). The average molecular weight is 261 g/mol. The topological polar surface area (TPSA) is 66.4 Å². The summed E-state index contributed by atoms with van der Waals surface area (Å²) in [5.74, 6) is -1.31. The normalized spacial score (nSPS) is 22.2. The van der Waals surface area contributed by atoms with E-state index in [0.29, 0.717) is 25.8 Å². The number of rotatable bonds is 4. The number of carbonyl (C=O) groups excluding carboxylic acids is 1. The van der Waals surface area contributed by atoms with Crippen LogP contribution < -0.4 is 5.32 Å². The zero-order valence-corrected chi connectivity index (χ0v) is 11.1. The van der Waals surface area contributed by atoms with E-state index in [9.17, 15) is 9.59 Å². The van der Waals surface area contributed by atoms with Crippen molar-refractivity contribution >= 4 is 11.9 Å². The second-order valence-corrected chi connectivity index (χ2v) is 5.25. The summed E-state index contributed by atoms with van der Waals surface area (Å²) >= 11 is 0. The zero-order valence-electron chi connectivity index (χ0n) is 11.1. The summed E-state index contributed by atoms with van der Waals surface area (Å²) < 4.78 is 0. The molecule has 0 aliphatic heterocycles. The summed E-state index contributed by atoms with van der Waals surface area (Å²) in [7, 11) is 0. The van der Waals surface area contributed by atoms with Crippen molar-refractivity contribution in [1.29, 1.82) is 0 Å². The summed E-state index contributed by atoms with van der Waals surface area (Å²) in [5, 5.41) is 11.8. The Morgan fingerprint density at radius 1 is 1.32 bits per heavy atom. The number of aliphatic carboxylic acids is 1. The zero-order chi connectivity index (χ0) is 13.8. The molecule has 19 heavy (non-hydrogen) atoms. The highest BCUT2D eigenvalue weighted by Crippen LogP contribution is 2.31. The Kier molecular flexibility index (Phi) is 4.20. The first-order valence-electron chi connectivity index (χ1n) is 6.62. The van der Waals surface area contributed by atoms with E-state index in [1.165, 1.54) is 5.56 Å². The van der Waals surface area contributed by atoms with Crippen LogP contribution in [0.4, 0.5) is 0 Å². The van der Waals surface area contributed by atoms with Crippen LogP contribution in [-0.4, -0.2) is 17.0 Å². The van der Waals surface area contributed by atoms with Gasteiger partial charge in [-0.25, -0.2) is 0 Å². The van der Waals surface area contributed by atoms with E-state index in [1.54, 1.807) is 0 Å². The summed E-state index contributed by atoms with van der Waals surface area (Å²) in [5.41, 5.74) is 2.24. The maximum Gasteiger partial charge on any atom is 0.306 e. The van der Waals surface area contributed by atoms with Gasteiger partial charge in [0.2, 0.25) is 5.91 Å². The third-order valence-electron chi connectivity index (χ3n) is 3.70. The first-order chi connectivity index (χ1) is 9.06. The van der Waals surface area contributed by atoms with Crippen molar-refractivity contribution in [3.05, 3.63) is 35.4 Å². The van der Waals surface area contributed by atoms with Crippen LogP contribution in [0.1, 0.15) is 30.4 Å². The van der Waals surface area contributed by atoms with Gasteiger partial charge in [-0.15, -0.1) is 0 Å². The molecule has 0 radical (unpaired) electrons.